The highest BCUT2D eigenvalue weighted by atomic mass is 35.5. The normalized spacial score (nSPS) is 32.9. The zero-order valence-corrected chi connectivity index (χ0v) is 66.7. The van der Waals surface area contributed by atoms with Crippen LogP contribution in [0, 0.1) is 47.3 Å². The molecule has 106 heavy (non-hydrogen) atoms. The molecule has 2 aliphatic heterocycles. The van der Waals surface area contributed by atoms with Crippen molar-refractivity contribution in [3.63, 3.8) is 0 Å². The lowest BCUT2D eigenvalue weighted by Crippen LogP contribution is -2.65. The van der Waals surface area contributed by atoms with Crippen LogP contribution in [-0.4, -0.2) is 275 Å². The Kier molecular flexibility index (Phi) is 32.0. The number of rotatable bonds is 14. The van der Waals surface area contributed by atoms with Crippen molar-refractivity contribution in [3.05, 3.63) is 0 Å². The van der Waals surface area contributed by atoms with Gasteiger partial charge in [0.25, 0.3) is 0 Å². The maximum atomic E-state index is 15.7. The zero-order chi connectivity index (χ0) is 79.5. The Bertz CT molecular complexity index is 3100. The van der Waals surface area contributed by atoms with Gasteiger partial charge in [0.2, 0.25) is 70.9 Å². The van der Waals surface area contributed by atoms with Gasteiger partial charge in [0, 0.05) is 75.4 Å². The molecular formula is C76H124ClF5N12O12. The number of carbonyl (C=O) groups is 12. The van der Waals surface area contributed by atoms with Gasteiger partial charge in [-0.3, -0.25) is 57.5 Å². The predicted molar refractivity (Wildman–Crippen MR) is 391 cm³/mol. The number of fused-ring (bicyclic) bond motifs is 1. The van der Waals surface area contributed by atoms with E-state index >= 15 is 28.4 Å². The van der Waals surface area contributed by atoms with Crippen LogP contribution in [0.3, 0.4) is 0 Å². The van der Waals surface area contributed by atoms with Gasteiger partial charge in [-0.2, -0.15) is 13.2 Å². The highest BCUT2D eigenvalue weighted by molar-refractivity contribution is 6.21. The number of nitrogens with zero attached hydrogens (tertiary/aromatic N) is 9. The average Bonchev–Trinajstić information content (AvgIpc) is 1.19. The number of nitrogens with one attached hydrogen (secondary N) is 3. The lowest BCUT2D eigenvalue weighted by Gasteiger charge is -2.45. The Labute approximate surface area is 630 Å². The van der Waals surface area contributed by atoms with Gasteiger partial charge in [-0.1, -0.05) is 99.8 Å². The van der Waals surface area contributed by atoms with Gasteiger partial charge in [-0.05, 0) is 138 Å². The van der Waals surface area contributed by atoms with E-state index in [9.17, 15) is 51.1 Å². The second-order valence-corrected chi connectivity index (χ2v) is 33.4. The first-order valence-corrected chi connectivity index (χ1v) is 39.2. The minimum atomic E-state index is -4.57. The maximum Gasteiger partial charge on any atom is 0.393 e. The van der Waals surface area contributed by atoms with E-state index in [1.165, 1.54) is 99.8 Å². The third-order valence-electron chi connectivity index (χ3n) is 24.6. The molecule has 2 saturated heterocycles. The predicted octanol–water partition coefficient (Wildman–Crippen LogP) is 7.51. The van der Waals surface area contributed by atoms with Crippen LogP contribution in [0.1, 0.15) is 203 Å². The number of amides is 12. The molecule has 2 heterocycles. The van der Waals surface area contributed by atoms with E-state index in [-0.39, 0.29) is 108 Å². The molecular weight excluding hydrogens is 1400 g/mol. The van der Waals surface area contributed by atoms with Crippen LogP contribution >= 0.6 is 11.6 Å². The molecule has 3 N–H and O–H groups in total. The van der Waals surface area contributed by atoms with E-state index in [1.807, 2.05) is 20.8 Å². The summed E-state index contributed by atoms with van der Waals surface area (Å²) in [6.45, 7) is 13.9. The van der Waals surface area contributed by atoms with Crippen LogP contribution in [0.5, 0.6) is 0 Å². The molecule has 4 aliphatic carbocycles. The Morgan fingerprint density at radius 3 is 1.74 bits per heavy atom. The van der Waals surface area contributed by atoms with Gasteiger partial charge >= 0.3 is 6.18 Å². The zero-order valence-electron chi connectivity index (χ0n) is 65.9. The van der Waals surface area contributed by atoms with Gasteiger partial charge in [0.1, 0.15) is 72.3 Å². The van der Waals surface area contributed by atoms with Crippen LogP contribution < -0.4 is 16.0 Å². The van der Waals surface area contributed by atoms with Crippen LogP contribution in [0.4, 0.5) is 22.0 Å². The second-order valence-electron chi connectivity index (χ2n) is 32.9. The summed E-state index contributed by atoms with van der Waals surface area (Å²) in [5.41, 5.74) is -1.75. The van der Waals surface area contributed by atoms with E-state index in [0.29, 0.717) is 31.6 Å². The summed E-state index contributed by atoms with van der Waals surface area (Å²) < 4.78 is 72.8. The summed E-state index contributed by atoms with van der Waals surface area (Å²) >= 11 is 6.43. The van der Waals surface area contributed by atoms with Crippen molar-refractivity contribution in [2.45, 2.75) is 287 Å². The number of halogens is 6. The number of alkyl halides is 6. The van der Waals surface area contributed by atoms with E-state index in [4.69, 9.17) is 11.6 Å². The van der Waals surface area contributed by atoms with Gasteiger partial charge < -0.3 is 60.0 Å². The minimum absolute atomic E-state index is 0.0291. The molecule has 30 heteroatoms. The van der Waals surface area contributed by atoms with Crippen molar-refractivity contribution in [1.29, 1.82) is 0 Å². The molecule has 0 aromatic carbocycles. The molecule has 6 rings (SSSR count). The smallest absolute Gasteiger partial charge is 0.347 e. The van der Waals surface area contributed by atoms with Crippen molar-refractivity contribution in [1.82, 2.24) is 60.0 Å². The standard InChI is InChI=1S/C76H124ClF5N12O12/c1-18-45(6)63-72(104)88(12)47(8)67(99)94-35-32-56(94)71(103)91(15)59(39-49-24-22-44(5)23-25-49)70(102)87(11)42-61(95)83-55(31-28-48-26-29-51(52(77)37-48)76(80,81)82)68(100)90(14)58(40-50-27-30-53(78)54(79)38-50)66(98)85-75(33-20-21-34-75)74(106)93(17)64(46(7)19-2)73(105)92(16)60(69(101)86(9)10)41-62(96)89(13)57(36-43(3)4)65(97)84-63/h43-60,63-64H,18-42H2,1-17H3,(H,83,95)(H,84,97)(H,85,98)/t44?,45-,46-,47-,48?,49?,50?,51?,52?,53?,54?,55-,56-,57-,58-,59-,60-,63-,64-/m0/s1. The molecule has 0 radical (unpaired) electrons. The molecule has 0 aromatic rings. The highest BCUT2D eigenvalue weighted by Gasteiger charge is 2.52. The molecule has 1 spiro atoms. The van der Waals surface area contributed by atoms with Gasteiger partial charge in [0.05, 0.1) is 18.9 Å². The first-order valence-electron chi connectivity index (χ1n) is 38.8. The van der Waals surface area contributed by atoms with Crippen molar-refractivity contribution in [2.24, 2.45) is 47.3 Å². The van der Waals surface area contributed by atoms with Gasteiger partial charge in [-0.15, -0.1) is 11.6 Å². The highest BCUT2D eigenvalue weighted by Crippen LogP contribution is 2.44. The number of hydrogen-bond acceptors (Lipinski definition) is 12. The van der Waals surface area contributed by atoms with E-state index in [2.05, 4.69) is 22.9 Å². The van der Waals surface area contributed by atoms with Crippen LogP contribution in [0.25, 0.3) is 0 Å². The van der Waals surface area contributed by atoms with Crippen LogP contribution in [0.2, 0.25) is 0 Å². The van der Waals surface area contributed by atoms with Crippen molar-refractivity contribution in [2.75, 3.05) is 76.5 Å². The first kappa shape index (κ1) is 88.5. The molecule has 6 fully saturated rings. The number of likely N-dealkylation sites (N-methyl/N-ethyl adjacent to an activating group) is 8. The van der Waals surface area contributed by atoms with Crippen LogP contribution in [-0.2, 0) is 57.5 Å². The monoisotopic (exact) mass is 1530 g/mol. The minimum Gasteiger partial charge on any atom is -0.347 e. The molecule has 602 valence electrons. The second kappa shape index (κ2) is 38.3. The van der Waals surface area contributed by atoms with E-state index < -0.39 is 197 Å². The first-order chi connectivity index (χ1) is 49.5. The maximum absolute atomic E-state index is 15.7. The fourth-order valence-corrected chi connectivity index (χ4v) is 17.3. The van der Waals surface area contributed by atoms with E-state index in [0.717, 1.165) is 40.4 Å². The molecule has 12 amide bonds. The number of carbonyl (C=O) groups excluding carboxylic acids is 12. The molecule has 6 unspecified atom stereocenters. The van der Waals surface area contributed by atoms with Crippen LogP contribution in [0.15, 0.2) is 0 Å². The quantitative estimate of drug-likeness (QED) is 0.113. The number of hydrogen-bond donors (Lipinski definition) is 3. The van der Waals surface area contributed by atoms with Crippen molar-refractivity contribution >= 4 is 82.5 Å². The fourth-order valence-electron chi connectivity index (χ4n) is 16.7. The Morgan fingerprint density at radius 1 is 0.604 bits per heavy atom. The van der Waals surface area contributed by atoms with Crippen molar-refractivity contribution < 1.29 is 79.5 Å². The summed E-state index contributed by atoms with van der Waals surface area (Å²) in [6, 6.07) is -11.8. The third kappa shape index (κ3) is 21.5. The van der Waals surface area contributed by atoms with Gasteiger partial charge in [-0.25, -0.2) is 8.78 Å². The molecule has 17 atom stereocenters. The average molecular weight is 1530 g/mol. The third-order valence-corrected chi connectivity index (χ3v) is 25.1. The summed E-state index contributed by atoms with van der Waals surface area (Å²) in [4.78, 5) is 192. The molecule has 6 aliphatic rings. The Morgan fingerprint density at radius 2 is 1.19 bits per heavy atom. The lowest BCUT2D eigenvalue weighted by atomic mass is 9.78. The van der Waals surface area contributed by atoms with Crippen molar-refractivity contribution in [3.8, 4) is 0 Å². The Balaban J connectivity index is 1.48. The lowest BCUT2D eigenvalue weighted by molar-refractivity contribution is -0.182. The Hall–Kier alpha value is -6.42. The summed E-state index contributed by atoms with van der Waals surface area (Å²) in [6.07, 6.45) is -4.71. The summed E-state index contributed by atoms with van der Waals surface area (Å²) in [7, 11) is 12.6. The molecule has 0 bridgehead atoms. The summed E-state index contributed by atoms with van der Waals surface area (Å²) in [5.74, 6) is -12.5. The topological polar surface area (TPSA) is 270 Å². The van der Waals surface area contributed by atoms with Gasteiger partial charge in [0.15, 0.2) is 0 Å². The molecule has 24 nitrogen and oxygen atoms in total. The fraction of sp³-hybridized carbons (Fsp3) is 0.842. The molecule has 0 aromatic heterocycles. The summed E-state index contributed by atoms with van der Waals surface area (Å²) in [5, 5.41) is 7.39. The van der Waals surface area contributed by atoms with E-state index in [1.54, 1.807) is 20.8 Å². The SMILES string of the molecule is CC[C@H](C)[C@@H]1NC(=O)[C@H](CC(C)C)N(C)C(=O)C[C@@H](C(=O)N(C)C)N(C)C(=O)[C@H]([C@@H](C)CC)N(C)C(=O)C2(CCCC2)NC(=O)[C@H](CC2CCC(F)C(F)C2)N(C)C(=O)[C@H](CCC2CCC(C(F)(F)F)C(Cl)C2)NC(=O)CN(C)C(=O)[C@H](CC2CCC(C)CC2)N(C)C(=O)[C@@H]2CCN2C(=O)[C@H](C)N(C)C1=O. The molecule has 4 saturated carbocycles. The largest absolute Gasteiger partial charge is 0.393 e.